The molecule has 3 nitrogen and oxygen atoms in total. The third-order valence-electron chi connectivity index (χ3n) is 1.44. The van der Waals surface area contributed by atoms with Crippen molar-refractivity contribution in [2.75, 3.05) is 26.7 Å². The zero-order chi connectivity index (χ0) is 10.7. The van der Waals surface area contributed by atoms with E-state index in [2.05, 4.69) is 0 Å². The fraction of sp³-hybridized carbons (Fsp3) is 1.00. The molecule has 0 aliphatic carbocycles. The zero-order valence-corrected chi connectivity index (χ0v) is 7.73. The van der Waals surface area contributed by atoms with Crippen LogP contribution in [0.1, 0.15) is 6.92 Å². The highest BCUT2D eigenvalue weighted by Crippen LogP contribution is 2.16. The van der Waals surface area contributed by atoms with Gasteiger partial charge in [0.05, 0.1) is 13.2 Å². The number of hydrogen-bond acceptors (Lipinski definition) is 3. The summed E-state index contributed by atoms with van der Waals surface area (Å²) in [6.45, 7) is 0.151. The van der Waals surface area contributed by atoms with Crippen molar-refractivity contribution in [3.05, 3.63) is 0 Å². The van der Waals surface area contributed by atoms with Crippen molar-refractivity contribution in [1.29, 1.82) is 0 Å². The second kappa shape index (κ2) is 4.26. The molecule has 0 radical (unpaired) electrons. The normalized spacial score (nSPS) is 17.5. The molecular weight excluding hydrogens is 185 g/mol. The highest BCUT2D eigenvalue weighted by molar-refractivity contribution is 4.81. The van der Waals surface area contributed by atoms with Crippen LogP contribution < -0.4 is 5.73 Å². The Kier molecular flexibility index (Phi) is 4.15. The number of halogens is 3. The summed E-state index contributed by atoms with van der Waals surface area (Å²) in [6.07, 6.45) is -4.22. The molecule has 0 spiro atoms. The second-order valence-electron chi connectivity index (χ2n) is 3.60. The highest BCUT2D eigenvalue weighted by atomic mass is 19.4. The van der Waals surface area contributed by atoms with Crippen LogP contribution in [0.25, 0.3) is 0 Å². The average Bonchev–Trinajstić information content (AvgIpc) is 1.81. The Morgan fingerprint density at radius 3 is 2.08 bits per heavy atom. The molecule has 3 N–H and O–H groups in total. The van der Waals surface area contributed by atoms with Crippen LogP contribution in [0.4, 0.5) is 13.2 Å². The molecule has 0 bridgehead atoms. The molecule has 13 heavy (non-hydrogen) atoms. The molecular formula is C7H15F3N2O. The molecule has 1 unspecified atom stereocenters. The Hall–Kier alpha value is -0.330. The molecule has 6 heteroatoms. The molecule has 80 valence electrons. The molecule has 0 aliphatic rings. The number of nitrogens with zero attached hydrogens (tertiary/aromatic N) is 1. The van der Waals surface area contributed by atoms with Crippen molar-refractivity contribution in [3.8, 4) is 0 Å². The monoisotopic (exact) mass is 200 g/mol. The molecule has 0 aliphatic heterocycles. The predicted octanol–water partition coefficient (Wildman–Crippen LogP) is 0.190. The van der Waals surface area contributed by atoms with Gasteiger partial charge in [0.2, 0.25) is 0 Å². The van der Waals surface area contributed by atoms with Crippen LogP contribution in [0.15, 0.2) is 0 Å². The number of rotatable bonds is 4. The number of likely N-dealkylation sites (N-methyl/N-ethyl adjacent to an activating group) is 1. The van der Waals surface area contributed by atoms with Crippen LogP contribution in [0.2, 0.25) is 0 Å². The van der Waals surface area contributed by atoms with E-state index in [1.54, 1.807) is 0 Å². The van der Waals surface area contributed by atoms with Gasteiger partial charge in [-0.2, -0.15) is 13.2 Å². The number of aliphatic hydroxyl groups is 1. The van der Waals surface area contributed by atoms with Gasteiger partial charge in [-0.1, -0.05) is 0 Å². The topological polar surface area (TPSA) is 49.5 Å². The third-order valence-corrected chi connectivity index (χ3v) is 1.44. The fourth-order valence-corrected chi connectivity index (χ4v) is 1.03. The van der Waals surface area contributed by atoms with Crippen LogP contribution in [0.5, 0.6) is 0 Å². The lowest BCUT2D eigenvalue weighted by Crippen LogP contribution is -2.51. The molecule has 0 aromatic heterocycles. The maximum atomic E-state index is 11.8. The summed E-state index contributed by atoms with van der Waals surface area (Å²) in [5.74, 6) is 0. The van der Waals surface area contributed by atoms with Crippen molar-refractivity contribution in [2.45, 2.75) is 18.6 Å². The minimum atomic E-state index is -4.22. The van der Waals surface area contributed by atoms with Gasteiger partial charge in [0.25, 0.3) is 0 Å². The van der Waals surface area contributed by atoms with Crippen LogP contribution >= 0.6 is 0 Å². The molecule has 1 atom stereocenters. The standard InChI is InChI=1S/C7H15F3N2O/c1-6(11,5-13)3-12(2)4-7(8,9)10/h13H,3-5,11H2,1-2H3. The van der Waals surface area contributed by atoms with Crippen LogP contribution in [0.3, 0.4) is 0 Å². The van der Waals surface area contributed by atoms with Crippen molar-refractivity contribution in [2.24, 2.45) is 5.73 Å². The van der Waals surface area contributed by atoms with Crippen molar-refractivity contribution >= 4 is 0 Å². The molecule has 0 rings (SSSR count). The minimum Gasteiger partial charge on any atom is -0.394 e. The fourth-order valence-electron chi connectivity index (χ4n) is 1.03. The summed E-state index contributed by atoms with van der Waals surface area (Å²) < 4.78 is 35.5. The minimum absolute atomic E-state index is 0.00299. The molecule has 0 heterocycles. The van der Waals surface area contributed by atoms with Crippen molar-refractivity contribution < 1.29 is 18.3 Å². The average molecular weight is 200 g/mol. The number of aliphatic hydroxyl groups excluding tert-OH is 1. The lowest BCUT2D eigenvalue weighted by molar-refractivity contribution is -0.144. The van der Waals surface area contributed by atoms with Gasteiger partial charge in [0.15, 0.2) is 0 Å². The maximum absolute atomic E-state index is 11.8. The van der Waals surface area contributed by atoms with E-state index in [1.165, 1.54) is 14.0 Å². The first kappa shape index (κ1) is 12.7. The van der Waals surface area contributed by atoms with E-state index in [-0.39, 0.29) is 13.2 Å². The summed E-state index contributed by atoms with van der Waals surface area (Å²) in [5, 5.41) is 8.71. The van der Waals surface area contributed by atoms with E-state index in [9.17, 15) is 13.2 Å². The quantitative estimate of drug-likeness (QED) is 0.681. The largest absolute Gasteiger partial charge is 0.401 e. The summed E-state index contributed by atoms with van der Waals surface area (Å²) in [7, 11) is 1.31. The Labute approximate surface area is 75.3 Å². The first-order valence-electron chi connectivity index (χ1n) is 3.81. The van der Waals surface area contributed by atoms with E-state index in [4.69, 9.17) is 10.8 Å². The predicted molar refractivity (Wildman–Crippen MR) is 43.2 cm³/mol. The van der Waals surface area contributed by atoms with E-state index in [1.807, 2.05) is 0 Å². The number of nitrogens with two attached hydrogens (primary N) is 1. The van der Waals surface area contributed by atoms with E-state index >= 15 is 0 Å². The van der Waals surface area contributed by atoms with Crippen LogP contribution in [0, 0.1) is 0 Å². The van der Waals surface area contributed by atoms with Crippen molar-refractivity contribution in [3.63, 3.8) is 0 Å². The van der Waals surface area contributed by atoms with Gasteiger partial charge >= 0.3 is 6.18 Å². The Morgan fingerprint density at radius 2 is 1.77 bits per heavy atom. The van der Waals surface area contributed by atoms with Gasteiger partial charge in [-0.25, -0.2) is 0 Å². The number of alkyl halides is 3. The zero-order valence-electron chi connectivity index (χ0n) is 7.73. The lowest BCUT2D eigenvalue weighted by atomic mass is 10.1. The Balaban J connectivity index is 3.94. The third kappa shape index (κ3) is 6.80. The summed E-state index contributed by atoms with van der Waals surface area (Å²) >= 11 is 0. The molecule has 0 saturated carbocycles. The molecule has 0 aromatic carbocycles. The molecule has 0 saturated heterocycles. The Morgan fingerprint density at radius 1 is 1.31 bits per heavy atom. The Bertz CT molecular complexity index is 158. The van der Waals surface area contributed by atoms with Gasteiger partial charge in [-0.05, 0) is 14.0 Å². The van der Waals surface area contributed by atoms with E-state index < -0.39 is 18.3 Å². The first-order chi connectivity index (χ1) is 5.66. The smallest absolute Gasteiger partial charge is 0.394 e. The van der Waals surface area contributed by atoms with Gasteiger partial charge in [-0.3, -0.25) is 4.90 Å². The lowest BCUT2D eigenvalue weighted by Gasteiger charge is -2.28. The first-order valence-corrected chi connectivity index (χ1v) is 3.81. The van der Waals surface area contributed by atoms with Gasteiger partial charge in [-0.15, -0.1) is 0 Å². The van der Waals surface area contributed by atoms with E-state index in [0.29, 0.717) is 0 Å². The molecule has 0 amide bonds. The van der Waals surface area contributed by atoms with Gasteiger partial charge < -0.3 is 10.8 Å². The van der Waals surface area contributed by atoms with Gasteiger partial charge in [0.1, 0.15) is 0 Å². The summed E-state index contributed by atoms with van der Waals surface area (Å²) in [6, 6.07) is 0. The number of hydrogen-bond donors (Lipinski definition) is 2. The van der Waals surface area contributed by atoms with Gasteiger partial charge in [0, 0.05) is 12.1 Å². The van der Waals surface area contributed by atoms with Crippen LogP contribution in [-0.4, -0.2) is 48.5 Å². The van der Waals surface area contributed by atoms with Crippen molar-refractivity contribution in [1.82, 2.24) is 4.90 Å². The molecule has 0 fully saturated rings. The highest BCUT2D eigenvalue weighted by Gasteiger charge is 2.31. The van der Waals surface area contributed by atoms with E-state index in [0.717, 1.165) is 4.90 Å². The molecule has 0 aromatic rings. The summed E-state index contributed by atoms with van der Waals surface area (Å²) in [5.41, 5.74) is 4.49. The maximum Gasteiger partial charge on any atom is 0.401 e. The van der Waals surface area contributed by atoms with Crippen LogP contribution in [-0.2, 0) is 0 Å². The second-order valence-corrected chi connectivity index (χ2v) is 3.60. The summed E-state index contributed by atoms with van der Waals surface area (Å²) in [4.78, 5) is 1.04. The SMILES string of the molecule is CN(CC(F)(F)F)CC(C)(N)CO.